The molecule has 2 fully saturated rings. The highest BCUT2D eigenvalue weighted by atomic mass is 19.1. The Hall–Kier alpha value is -7.64. The number of hydrogen-bond acceptors (Lipinski definition) is 12. The molecule has 6 aromatic heterocycles. The van der Waals surface area contributed by atoms with Gasteiger partial charge in [0.2, 0.25) is 0 Å². The Morgan fingerprint density at radius 3 is 1.83 bits per heavy atom. The van der Waals surface area contributed by atoms with Crippen LogP contribution in [0.2, 0.25) is 0 Å². The van der Waals surface area contributed by atoms with Gasteiger partial charge < -0.3 is 30.7 Å². The molecule has 4 aliphatic rings. The molecule has 0 saturated carbocycles. The van der Waals surface area contributed by atoms with Crippen molar-refractivity contribution in [2.24, 2.45) is 0 Å². The van der Waals surface area contributed by atoms with Gasteiger partial charge in [-0.1, -0.05) is 24.3 Å². The maximum absolute atomic E-state index is 16.3. The van der Waals surface area contributed by atoms with Crippen molar-refractivity contribution < 1.29 is 27.8 Å². The lowest BCUT2D eigenvalue weighted by Gasteiger charge is -2.35. The topological polar surface area (TPSA) is 168 Å². The summed E-state index contributed by atoms with van der Waals surface area (Å²) in [6.07, 6.45) is 10.7. The number of carbonyl (C=O) groups excluding carboxylic acids is 2. The summed E-state index contributed by atoms with van der Waals surface area (Å²) in [5.74, 6) is 0.00139. The van der Waals surface area contributed by atoms with E-state index in [0.29, 0.717) is 96.8 Å². The number of amides is 2. The summed E-state index contributed by atoms with van der Waals surface area (Å²) in [5.41, 5.74) is 10.4. The molecule has 0 unspecified atom stereocenters. The number of ether oxygens (including phenoxy) is 2. The van der Waals surface area contributed by atoms with Crippen LogP contribution in [0, 0.1) is 11.6 Å². The van der Waals surface area contributed by atoms with Crippen LogP contribution in [-0.2, 0) is 29.0 Å². The van der Waals surface area contributed by atoms with E-state index in [-0.39, 0.29) is 35.5 Å². The van der Waals surface area contributed by atoms with Gasteiger partial charge in [0.15, 0.2) is 0 Å². The molecule has 2 saturated heterocycles. The van der Waals surface area contributed by atoms with Crippen molar-refractivity contribution in [2.45, 2.75) is 38.5 Å². The number of nitrogens with zero attached hydrogens (tertiary/aromatic N) is 8. The van der Waals surface area contributed by atoms with E-state index in [1.807, 2.05) is 53.1 Å². The van der Waals surface area contributed by atoms with Crippen LogP contribution in [0.3, 0.4) is 0 Å². The second-order valence-electron chi connectivity index (χ2n) is 18.0. The van der Waals surface area contributed by atoms with Crippen molar-refractivity contribution in [2.75, 3.05) is 63.2 Å². The van der Waals surface area contributed by atoms with Crippen molar-refractivity contribution in [3.63, 3.8) is 0 Å². The molecule has 2 aromatic carbocycles. The van der Waals surface area contributed by atoms with Crippen molar-refractivity contribution in [1.82, 2.24) is 49.2 Å². The van der Waals surface area contributed by atoms with Crippen molar-refractivity contribution in [3.8, 4) is 22.5 Å². The van der Waals surface area contributed by atoms with E-state index >= 15 is 4.39 Å². The molecule has 4 aliphatic heterocycles. The number of carbonyl (C=O) groups is 2. The van der Waals surface area contributed by atoms with Gasteiger partial charge in [0.25, 0.3) is 11.8 Å². The largest absolute Gasteiger partial charge is 0.379 e. The van der Waals surface area contributed by atoms with Crippen LogP contribution in [0.15, 0.2) is 104 Å². The summed E-state index contributed by atoms with van der Waals surface area (Å²) in [4.78, 5) is 50.1. The zero-order valence-electron chi connectivity index (χ0n) is 38.2. The lowest BCUT2D eigenvalue weighted by molar-refractivity contribution is 0.0159. The molecule has 18 heteroatoms. The van der Waals surface area contributed by atoms with Gasteiger partial charge in [-0.05, 0) is 72.0 Å². The number of halogens is 2. The molecule has 0 spiro atoms. The SMILES string of the molecule is C[C@H](c1ccc(Nc2ccc(-c3cnc4c(C[C@@H](c5ccc(Nc6ccc(-c7cnc8cc(F)ccn78)c7c6C(=O)NC7)nc5)N5CCOCC5)c(F)ccn34)c3c2C(=O)NC3)nc1)N1CCOCC1. The second kappa shape index (κ2) is 18.0. The number of nitrogens with one attached hydrogen (secondary N) is 4. The molecule has 354 valence electrons. The first-order chi connectivity index (χ1) is 34.3. The van der Waals surface area contributed by atoms with Crippen LogP contribution in [0.4, 0.5) is 31.8 Å². The molecule has 10 heterocycles. The van der Waals surface area contributed by atoms with Gasteiger partial charge in [-0.2, -0.15) is 0 Å². The Morgan fingerprint density at radius 1 is 0.643 bits per heavy atom. The van der Waals surface area contributed by atoms with Crippen LogP contribution >= 0.6 is 0 Å². The maximum Gasteiger partial charge on any atom is 0.254 e. The number of fused-ring (bicyclic) bond motifs is 4. The standard InChI is InChI=1S/C52H48F2N12O4/c1-30(63-14-18-69-19-15-63)31-2-8-45(55-24-31)61-41-7-5-35(38-27-60-52(68)49(38)41)44-29-58-50-36(39(54)11-13-66(44)50)23-42(64-16-20-70-21-17-64)32-3-9-46(56-25-32)62-40-6-4-34(37-26-59-51(67)48(37)40)43-28-57-47-22-33(53)10-12-65(43)47/h2-13,22,24-25,28-30,42H,14-21,23,26-27H2,1H3,(H,55,61)(H,56,62)(H,59,67)(H,60,68)/t30-,42+/m1/s1. The molecule has 0 bridgehead atoms. The van der Waals surface area contributed by atoms with Crippen molar-refractivity contribution >= 4 is 46.1 Å². The quantitative estimate of drug-likeness (QED) is 0.0963. The minimum absolute atomic E-state index is 0.188. The molecule has 16 nitrogen and oxygen atoms in total. The zero-order chi connectivity index (χ0) is 47.5. The number of morpholine rings is 2. The van der Waals surface area contributed by atoms with Crippen molar-refractivity contribution in [1.29, 1.82) is 0 Å². The van der Waals surface area contributed by atoms with Gasteiger partial charge in [-0.3, -0.25) is 28.2 Å². The minimum atomic E-state index is -0.378. The minimum Gasteiger partial charge on any atom is -0.379 e. The molecule has 12 rings (SSSR count). The van der Waals surface area contributed by atoms with Crippen LogP contribution < -0.4 is 21.3 Å². The van der Waals surface area contributed by atoms with Crippen molar-refractivity contribution in [3.05, 3.63) is 154 Å². The van der Waals surface area contributed by atoms with Gasteiger partial charge in [0.1, 0.15) is 34.6 Å². The second-order valence-corrected chi connectivity index (χ2v) is 18.0. The van der Waals surface area contributed by atoms with E-state index in [1.54, 1.807) is 35.4 Å². The molecule has 70 heavy (non-hydrogen) atoms. The molecule has 0 radical (unpaired) electrons. The number of rotatable bonds is 12. The molecular weight excluding hydrogens is 895 g/mol. The fourth-order valence-corrected chi connectivity index (χ4v) is 10.4. The van der Waals surface area contributed by atoms with E-state index in [2.05, 4.69) is 49.0 Å². The number of pyridine rings is 4. The number of hydrogen-bond donors (Lipinski definition) is 4. The van der Waals surface area contributed by atoms with Gasteiger partial charge >= 0.3 is 0 Å². The Balaban J connectivity index is 0.814. The van der Waals surface area contributed by atoms with E-state index < -0.39 is 0 Å². The van der Waals surface area contributed by atoms with Gasteiger partial charge in [-0.15, -0.1) is 0 Å². The number of aromatic nitrogens is 6. The van der Waals surface area contributed by atoms with E-state index in [4.69, 9.17) is 24.4 Å². The molecule has 0 aliphatic carbocycles. The molecule has 2 atom stereocenters. The van der Waals surface area contributed by atoms with Gasteiger partial charge in [-0.25, -0.2) is 28.7 Å². The smallest absolute Gasteiger partial charge is 0.254 e. The van der Waals surface area contributed by atoms with Gasteiger partial charge in [0.05, 0.1) is 72.7 Å². The Labute approximate surface area is 400 Å². The molecular formula is C52H48F2N12O4. The number of imidazole rings is 2. The zero-order valence-corrected chi connectivity index (χ0v) is 38.2. The maximum atomic E-state index is 16.3. The third kappa shape index (κ3) is 7.87. The average molecular weight is 943 g/mol. The summed E-state index contributed by atoms with van der Waals surface area (Å²) < 4.78 is 45.2. The summed E-state index contributed by atoms with van der Waals surface area (Å²) in [6.45, 7) is 8.40. The third-order valence-corrected chi connectivity index (χ3v) is 14.1. The number of anilines is 4. The third-order valence-electron chi connectivity index (χ3n) is 14.1. The van der Waals surface area contributed by atoms with E-state index in [9.17, 15) is 14.0 Å². The summed E-state index contributed by atoms with van der Waals surface area (Å²) in [6, 6.07) is 19.6. The highest BCUT2D eigenvalue weighted by Crippen LogP contribution is 2.39. The molecule has 4 N–H and O–H groups in total. The van der Waals surface area contributed by atoms with Crippen LogP contribution in [0.1, 0.15) is 67.5 Å². The normalized spacial score (nSPS) is 17.1. The first-order valence-electron chi connectivity index (χ1n) is 23.5. The summed E-state index contributed by atoms with van der Waals surface area (Å²) >= 11 is 0. The Bertz CT molecular complexity index is 3330. The summed E-state index contributed by atoms with van der Waals surface area (Å²) in [7, 11) is 0. The van der Waals surface area contributed by atoms with E-state index in [1.165, 1.54) is 18.2 Å². The molecule has 8 aromatic rings. The predicted molar refractivity (Wildman–Crippen MR) is 258 cm³/mol. The first kappa shape index (κ1) is 43.6. The van der Waals surface area contributed by atoms with Crippen LogP contribution in [0.5, 0.6) is 0 Å². The fraction of sp³-hybridized carbons (Fsp3) is 0.269. The highest BCUT2D eigenvalue weighted by Gasteiger charge is 2.31. The summed E-state index contributed by atoms with van der Waals surface area (Å²) in [5, 5.41) is 12.7. The fourth-order valence-electron chi connectivity index (χ4n) is 10.4. The Kier molecular flexibility index (Phi) is 11.2. The van der Waals surface area contributed by atoms with Crippen LogP contribution in [0.25, 0.3) is 33.8 Å². The lowest BCUT2D eigenvalue weighted by Crippen LogP contribution is -2.40. The highest BCUT2D eigenvalue weighted by molar-refractivity contribution is 6.07. The number of benzene rings is 2. The predicted octanol–water partition coefficient (Wildman–Crippen LogP) is 7.37. The Morgan fingerprint density at radius 2 is 1.21 bits per heavy atom. The monoisotopic (exact) mass is 942 g/mol. The van der Waals surface area contributed by atoms with E-state index in [0.717, 1.165) is 71.1 Å². The molecule has 2 amide bonds. The van der Waals surface area contributed by atoms with Crippen LogP contribution in [-0.4, -0.2) is 103 Å². The first-order valence-corrected chi connectivity index (χ1v) is 23.5. The lowest BCUT2D eigenvalue weighted by atomic mass is 9.97. The average Bonchev–Trinajstić information content (AvgIpc) is 4.21. The van der Waals surface area contributed by atoms with Gasteiger partial charge in [0, 0.05) is 98.9 Å².